The maximum Gasteiger partial charge on any atom is 0.303 e. The molecule has 0 unspecified atom stereocenters. The Bertz CT molecular complexity index is 1470. The molecule has 1 aromatic heterocycles. The van der Waals surface area contributed by atoms with Gasteiger partial charge in [-0.3, -0.25) is 14.5 Å². The highest BCUT2D eigenvalue weighted by atomic mass is 79.9. The lowest BCUT2D eigenvalue weighted by Gasteiger charge is -2.49. The quantitative estimate of drug-likeness (QED) is 0.0416. The molecule has 4 rings (SSSR count). The largest absolute Gasteiger partial charge is 0.618 e. The van der Waals surface area contributed by atoms with Crippen molar-refractivity contribution in [1.29, 1.82) is 0 Å². The first-order valence-electron chi connectivity index (χ1n) is 21.9. The monoisotopic (exact) mass is 840 g/mol. The molecule has 10 heteroatoms. The third kappa shape index (κ3) is 16.1. The smallest absolute Gasteiger partial charge is 0.303 e. The van der Waals surface area contributed by atoms with E-state index >= 15 is 0 Å². The lowest BCUT2D eigenvalue weighted by Crippen LogP contribution is -2.57. The van der Waals surface area contributed by atoms with Gasteiger partial charge in [-0.15, -0.1) is 0 Å². The zero-order valence-corrected chi connectivity index (χ0v) is 37.1. The van der Waals surface area contributed by atoms with Crippen LogP contribution in [0.1, 0.15) is 176 Å². The number of halogens is 1. The summed E-state index contributed by atoms with van der Waals surface area (Å²) in [5, 5.41) is 25.1. The second-order valence-electron chi connectivity index (χ2n) is 16.3. The summed E-state index contributed by atoms with van der Waals surface area (Å²) in [5.74, 6) is -0.316. The van der Waals surface area contributed by atoms with Crippen molar-refractivity contribution in [2.24, 2.45) is 11.1 Å². The summed E-state index contributed by atoms with van der Waals surface area (Å²) in [6.07, 6.45) is 25.6. The van der Waals surface area contributed by atoms with E-state index in [-0.39, 0.29) is 11.4 Å². The molecule has 9 nitrogen and oxygen atoms in total. The van der Waals surface area contributed by atoms with Crippen LogP contribution in [0.3, 0.4) is 0 Å². The number of carboxylic acids is 1. The fourth-order valence-corrected chi connectivity index (χ4v) is 8.48. The molecule has 0 atom stereocenters. The number of rotatable bonds is 22. The molecule has 0 spiro atoms. The number of hydrogen-bond acceptors (Lipinski definition) is 6. The van der Waals surface area contributed by atoms with Gasteiger partial charge in [0.15, 0.2) is 6.20 Å². The van der Waals surface area contributed by atoms with Gasteiger partial charge in [-0.2, -0.15) is 4.73 Å². The lowest BCUT2D eigenvalue weighted by atomic mass is 9.82. The predicted molar refractivity (Wildman–Crippen MR) is 232 cm³/mol. The number of carbonyl (C=O) groups excluding carboxylic acids is 1. The number of carboxylic acid groups (broad SMARTS) is 1. The molecule has 1 amide bonds. The van der Waals surface area contributed by atoms with Crippen LogP contribution < -0.4 is 4.73 Å². The van der Waals surface area contributed by atoms with Crippen molar-refractivity contribution in [2.45, 2.75) is 169 Å². The van der Waals surface area contributed by atoms with E-state index < -0.39 is 5.97 Å². The average Bonchev–Trinajstić information content (AvgIpc) is 3.19. The van der Waals surface area contributed by atoms with Crippen molar-refractivity contribution in [3.05, 3.63) is 68.6 Å². The van der Waals surface area contributed by atoms with Gasteiger partial charge >= 0.3 is 5.97 Å². The fraction of sp³-hybridized carbons (Fsp3) is 0.696. The number of amides is 1. The van der Waals surface area contributed by atoms with Gasteiger partial charge in [0.25, 0.3) is 5.91 Å². The van der Waals surface area contributed by atoms with E-state index in [1.54, 1.807) is 13.0 Å². The zero-order valence-electron chi connectivity index (χ0n) is 35.5. The minimum atomic E-state index is -0.653. The van der Waals surface area contributed by atoms with Crippen molar-refractivity contribution < 1.29 is 24.3 Å². The Balaban J connectivity index is 0.000000359. The van der Waals surface area contributed by atoms with Crippen LogP contribution in [0, 0.1) is 25.0 Å². The molecule has 0 radical (unpaired) electrons. The number of benzene rings is 1. The van der Waals surface area contributed by atoms with Gasteiger partial charge in [0.2, 0.25) is 5.69 Å². The van der Waals surface area contributed by atoms with Crippen LogP contribution in [0.5, 0.6) is 0 Å². The van der Waals surface area contributed by atoms with Gasteiger partial charge in [0.05, 0.1) is 5.71 Å². The van der Waals surface area contributed by atoms with Crippen LogP contribution in [-0.2, 0) is 9.63 Å². The minimum absolute atomic E-state index is 0.0257. The molecular formula is C46H73BrN4O5. The van der Waals surface area contributed by atoms with Crippen LogP contribution in [0.15, 0.2) is 46.2 Å². The summed E-state index contributed by atoms with van der Waals surface area (Å²) in [4.78, 5) is 33.6. The van der Waals surface area contributed by atoms with Crippen molar-refractivity contribution in [2.75, 3.05) is 32.8 Å². The number of likely N-dealkylation sites (tertiary alicyclic amines) is 2. The number of oxime groups is 1. The molecule has 314 valence electrons. The molecule has 1 N–H and O–H groups in total. The minimum Gasteiger partial charge on any atom is -0.618 e. The highest BCUT2D eigenvalue weighted by Crippen LogP contribution is 2.34. The third-order valence-electron chi connectivity index (χ3n) is 12.0. The highest BCUT2D eigenvalue weighted by molar-refractivity contribution is 9.10. The van der Waals surface area contributed by atoms with Crippen LogP contribution in [0.4, 0.5) is 0 Å². The number of aliphatic carboxylic acids is 1. The van der Waals surface area contributed by atoms with E-state index in [1.165, 1.54) is 89.7 Å². The number of nitrogens with zero attached hydrogens (tertiary/aromatic N) is 4. The number of unbranched alkanes of at least 4 members (excludes halogenated alkanes) is 14. The van der Waals surface area contributed by atoms with Gasteiger partial charge < -0.3 is 20.1 Å². The molecule has 2 aromatic rings. The topological polar surface area (TPSA) is 109 Å². The number of carbonyl (C=O) groups is 2. The average molecular weight is 842 g/mol. The molecular weight excluding hydrogens is 768 g/mol. The fourth-order valence-electron chi connectivity index (χ4n) is 8.22. The molecule has 0 aliphatic carbocycles. The second-order valence-corrected chi connectivity index (χ2v) is 17.2. The highest BCUT2D eigenvalue weighted by Gasteiger charge is 2.40. The number of hydrogen-bond donors (Lipinski definition) is 1. The SMILES string of the molecule is CCCCCCCCCCCCCCCCCC(=O)O.CCO/N=C(/c1ccc(Br)cc1)C1CCN(C2(C)CCN(C(=O)c3c(C)cc[n+]([O-])c3C)CC2)CC1. The van der Waals surface area contributed by atoms with Crippen LogP contribution in [0.25, 0.3) is 0 Å². The van der Waals surface area contributed by atoms with Crippen LogP contribution >= 0.6 is 15.9 Å². The van der Waals surface area contributed by atoms with E-state index in [1.807, 2.05) is 18.7 Å². The Morgan fingerprint density at radius 2 is 1.36 bits per heavy atom. The first-order valence-corrected chi connectivity index (χ1v) is 22.7. The third-order valence-corrected chi connectivity index (χ3v) is 12.5. The van der Waals surface area contributed by atoms with Gasteiger partial charge in [-0.05, 0) is 89.2 Å². The Morgan fingerprint density at radius 3 is 1.86 bits per heavy atom. The Hall–Kier alpha value is -2.98. The standard InChI is InChI=1S/C28H37BrN4O3.C18H36O2/c1-5-36-30-26(22-6-8-24(29)9-7-22)23-11-15-32(16-12-23)28(4)13-18-31(19-14-28)27(34)25-20(2)10-17-33(35)21(25)3;1-2-3-4-5-6-7-8-9-10-11-12-13-14-15-16-17-18(19)20/h6-10,17,23H,5,11-16,18-19H2,1-4H3;2-17H2,1H3,(H,19,20)/b30-26-;. The predicted octanol–water partition coefficient (Wildman–Crippen LogP) is 11.2. The maximum atomic E-state index is 13.3. The molecule has 0 saturated carbocycles. The molecule has 0 bridgehead atoms. The molecule has 56 heavy (non-hydrogen) atoms. The van der Waals surface area contributed by atoms with Crippen molar-refractivity contribution in [3.8, 4) is 0 Å². The summed E-state index contributed by atoms with van der Waals surface area (Å²) >= 11 is 3.52. The van der Waals surface area contributed by atoms with E-state index in [9.17, 15) is 14.8 Å². The molecule has 2 fully saturated rings. The number of aromatic nitrogens is 1. The number of pyridine rings is 1. The Morgan fingerprint density at radius 1 is 0.839 bits per heavy atom. The normalized spacial score (nSPS) is 16.3. The summed E-state index contributed by atoms with van der Waals surface area (Å²) in [5.41, 5.74) is 4.11. The van der Waals surface area contributed by atoms with Gasteiger partial charge in [0, 0.05) is 48.4 Å². The van der Waals surface area contributed by atoms with Gasteiger partial charge in [-0.25, -0.2) is 0 Å². The number of piperidine rings is 2. The van der Waals surface area contributed by atoms with Gasteiger partial charge in [0.1, 0.15) is 12.2 Å². The molecule has 2 aliphatic rings. The summed E-state index contributed by atoms with van der Waals surface area (Å²) in [6, 6.07) is 10.0. The van der Waals surface area contributed by atoms with Crippen LogP contribution in [0.2, 0.25) is 0 Å². The Kier molecular flexibility index (Phi) is 22.1. The summed E-state index contributed by atoms with van der Waals surface area (Å²) < 4.78 is 1.84. The summed E-state index contributed by atoms with van der Waals surface area (Å²) in [6.45, 7) is 14.2. The van der Waals surface area contributed by atoms with Crippen molar-refractivity contribution in [1.82, 2.24) is 9.80 Å². The zero-order chi connectivity index (χ0) is 40.8. The maximum absolute atomic E-state index is 13.3. The van der Waals surface area contributed by atoms with E-state index in [4.69, 9.17) is 9.94 Å². The van der Waals surface area contributed by atoms with E-state index in [0.717, 1.165) is 77.7 Å². The van der Waals surface area contributed by atoms with Crippen molar-refractivity contribution >= 4 is 33.5 Å². The Labute approximate surface area is 347 Å². The second kappa shape index (κ2) is 26.1. The first kappa shape index (κ1) is 47.4. The number of aryl methyl sites for hydroxylation is 1. The molecule has 2 saturated heterocycles. The summed E-state index contributed by atoms with van der Waals surface area (Å²) in [7, 11) is 0. The van der Waals surface area contributed by atoms with Crippen LogP contribution in [-0.4, -0.2) is 70.8 Å². The first-order chi connectivity index (χ1) is 27.0. The molecule has 3 heterocycles. The molecule has 2 aliphatic heterocycles. The van der Waals surface area contributed by atoms with E-state index in [0.29, 0.717) is 43.3 Å². The van der Waals surface area contributed by atoms with Gasteiger partial charge in [-0.1, -0.05) is 130 Å². The van der Waals surface area contributed by atoms with E-state index in [2.05, 4.69) is 64.1 Å². The van der Waals surface area contributed by atoms with Crippen molar-refractivity contribution in [3.63, 3.8) is 0 Å². The molecule has 1 aromatic carbocycles. The lowest BCUT2D eigenvalue weighted by molar-refractivity contribution is -0.612.